The van der Waals surface area contributed by atoms with E-state index in [1.807, 2.05) is 32.4 Å². The molecule has 0 spiro atoms. The zero-order valence-corrected chi connectivity index (χ0v) is 40.3. The zero-order chi connectivity index (χ0) is 50.5. The highest BCUT2D eigenvalue weighted by molar-refractivity contribution is 7.90. The van der Waals surface area contributed by atoms with Crippen LogP contribution in [-0.4, -0.2) is 95.2 Å². The number of primary sulfonamides is 1. The van der Waals surface area contributed by atoms with E-state index in [0.717, 1.165) is 12.4 Å². The number of methoxy groups -OCH3 is 2. The van der Waals surface area contributed by atoms with Gasteiger partial charge in [-0.05, 0) is 64.9 Å². The molecule has 6 rings (SSSR count). The molecule has 0 fully saturated rings. The summed E-state index contributed by atoms with van der Waals surface area (Å²) >= 11 is 0. The number of pyridine rings is 2. The van der Waals surface area contributed by atoms with Gasteiger partial charge in [-0.2, -0.15) is 8.42 Å². The maximum Gasteiger partial charge on any atom is 0.333 e. The van der Waals surface area contributed by atoms with Gasteiger partial charge < -0.3 is 29.3 Å². The summed E-state index contributed by atoms with van der Waals surface area (Å²) < 4.78 is 92.8. The van der Waals surface area contributed by atoms with E-state index in [-0.39, 0.29) is 28.4 Å². The van der Waals surface area contributed by atoms with Crippen molar-refractivity contribution in [2.24, 2.45) is 5.14 Å². The minimum absolute atomic E-state index is 0.0199. The number of ether oxygens (including phenoxy) is 3. The van der Waals surface area contributed by atoms with Gasteiger partial charge in [0.15, 0.2) is 15.8 Å². The molecule has 0 bridgehead atoms. The van der Waals surface area contributed by atoms with Crippen molar-refractivity contribution in [1.82, 2.24) is 34.6 Å². The van der Waals surface area contributed by atoms with Gasteiger partial charge >= 0.3 is 6.03 Å². The molecule has 20 nitrogen and oxygen atoms in total. The number of benzene rings is 2. The third-order valence-corrected chi connectivity index (χ3v) is 11.2. The molecule has 0 aliphatic rings. The quantitative estimate of drug-likeness (QED) is 0.105. The van der Waals surface area contributed by atoms with Crippen LogP contribution in [0.25, 0.3) is 22.3 Å². The molecular formula is C44H50F2N12O8S2. The number of halogens is 2. The number of carbonyl (C=O) groups is 1. The Hall–Kier alpha value is -7.62. The maximum atomic E-state index is 14.5. The van der Waals surface area contributed by atoms with Crippen LogP contribution in [-0.2, 0) is 20.0 Å². The summed E-state index contributed by atoms with van der Waals surface area (Å²) in [6.45, 7) is 7.48. The van der Waals surface area contributed by atoms with E-state index in [0.29, 0.717) is 62.5 Å². The van der Waals surface area contributed by atoms with E-state index in [4.69, 9.17) is 24.6 Å². The molecule has 360 valence electrons. The third kappa shape index (κ3) is 14.2. The van der Waals surface area contributed by atoms with Crippen LogP contribution in [0.3, 0.4) is 0 Å². The van der Waals surface area contributed by atoms with Gasteiger partial charge in [-0.25, -0.2) is 51.8 Å². The molecule has 0 saturated heterocycles. The number of rotatable bonds is 13. The number of sulfonamides is 2. The lowest BCUT2D eigenvalue weighted by atomic mass is 9.94. The van der Waals surface area contributed by atoms with Crippen LogP contribution in [0.1, 0.15) is 50.7 Å². The van der Waals surface area contributed by atoms with Crippen LogP contribution in [0.5, 0.6) is 17.5 Å². The highest BCUT2D eigenvalue weighted by Crippen LogP contribution is 2.39. The van der Waals surface area contributed by atoms with E-state index in [2.05, 4.69) is 35.2 Å². The van der Waals surface area contributed by atoms with Gasteiger partial charge in [0.1, 0.15) is 23.3 Å². The fourth-order valence-electron chi connectivity index (χ4n) is 5.93. The van der Waals surface area contributed by atoms with Crippen LogP contribution in [0.2, 0.25) is 0 Å². The number of carbonyl (C=O) groups excluding carboxylic acids is 1. The van der Waals surface area contributed by atoms with Gasteiger partial charge in [0.05, 0.1) is 44.7 Å². The van der Waals surface area contributed by atoms with Gasteiger partial charge in [-0.1, -0.05) is 27.7 Å². The van der Waals surface area contributed by atoms with Gasteiger partial charge in [0, 0.05) is 69.4 Å². The highest BCUT2D eigenvalue weighted by atomic mass is 32.2. The fourth-order valence-corrected chi connectivity index (χ4v) is 7.17. The largest absolute Gasteiger partial charge is 0.481 e. The standard InChI is InChI=1S/C22H25FN6O4S.C16H15FN2O2.C6H10N4O2S/c1-13(2)16-9-15(23)10-17(14-6-7-25-19(8-14)33-5)21(16)27-22(30)28-34(31,32)20-12-24-11-18(26-20)29(3)4;1-10(2)13-7-12(17)8-14(16(13)21-9-18)11-4-5-19-15(6-11)20-3;1-10(2)5-3-8-4-6(9-5)13(7,11)12/h6-13H,1-5H3,(H2,27,28,30);4-8,10H,1-3H3;3-4H,1-2H3,(H2,7,11,12). The van der Waals surface area contributed by atoms with Crippen molar-refractivity contribution in [3.05, 3.63) is 108 Å². The Labute approximate surface area is 393 Å². The number of aromatic nitrogens is 6. The first-order valence-electron chi connectivity index (χ1n) is 20.1. The van der Waals surface area contributed by atoms with Crippen LogP contribution in [0.15, 0.2) is 95.8 Å². The van der Waals surface area contributed by atoms with Crippen molar-refractivity contribution in [1.29, 1.82) is 5.26 Å². The van der Waals surface area contributed by atoms with E-state index >= 15 is 0 Å². The number of nitrogens with two attached hydrogens (primary N) is 1. The first-order chi connectivity index (χ1) is 32.0. The molecule has 4 N–H and O–H groups in total. The number of urea groups is 1. The van der Waals surface area contributed by atoms with E-state index in [1.165, 1.54) is 57.1 Å². The molecule has 24 heteroatoms. The monoisotopic (exact) mass is 976 g/mol. The summed E-state index contributed by atoms with van der Waals surface area (Å²) in [6.07, 6.45) is 9.71. The Bertz CT molecular complexity index is 3010. The molecule has 6 aromatic rings. The molecule has 0 unspecified atom stereocenters. The average Bonchev–Trinajstić information content (AvgIpc) is 3.29. The van der Waals surface area contributed by atoms with Gasteiger partial charge in [-0.15, -0.1) is 5.26 Å². The molecule has 0 atom stereocenters. The number of hydrogen-bond donors (Lipinski definition) is 3. The molecule has 2 amide bonds. The molecule has 4 heterocycles. The fraction of sp³-hybridized carbons (Fsp3) is 0.273. The molecular weight excluding hydrogens is 927 g/mol. The van der Waals surface area contributed by atoms with Crippen molar-refractivity contribution in [2.75, 3.05) is 57.5 Å². The second-order valence-electron chi connectivity index (χ2n) is 15.3. The predicted molar refractivity (Wildman–Crippen MR) is 250 cm³/mol. The number of anilines is 3. The summed E-state index contributed by atoms with van der Waals surface area (Å²) in [5, 5.41) is 15.7. The van der Waals surface area contributed by atoms with Gasteiger partial charge in [0.25, 0.3) is 26.3 Å². The van der Waals surface area contributed by atoms with Crippen LogP contribution < -0.4 is 39.2 Å². The Kier molecular flexibility index (Phi) is 18.1. The number of nitrogens with one attached hydrogen (secondary N) is 2. The smallest absolute Gasteiger partial charge is 0.333 e. The van der Waals surface area contributed by atoms with Crippen molar-refractivity contribution in [2.45, 2.75) is 49.6 Å². The normalized spacial score (nSPS) is 11.0. The van der Waals surface area contributed by atoms with Gasteiger partial charge in [-0.3, -0.25) is 9.97 Å². The number of hydrogen-bond acceptors (Lipinski definition) is 17. The minimum Gasteiger partial charge on any atom is -0.481 e. The lowest BCUT2D eigenvalue weighted by Gasteiger charge is -2.19. The first-order valence-corrected chi connectivity index (χ1v) is 23.1. The Morgan fingerprint density at radius 2 is 1.19 bits per heavy atom. The SMILES string of the molecule is CN(C)c1cncc(S(N)(=O)=O)n1.COc1cc(-c2cc(F)cc(C(C)C)c2NC(=O)NS(=O)(=O)c2cncc(N(C)C)n2)ccn1.COc1cc(-c2cc(F)cc(C(C)C)c2OC#N)ccn1. The number of nitriles is 1. The van der Waals surface area contributed by atoms with E-state index in [9.17, 15) is 30.4 Å². The lowest BCUT2D eigenvalue weighted by Crippen LogP contribution is -2.35. The predicted octanol–water partition coefficient (Wildman–Crippen LogP) is 6.46. The molecule has 68 heavy (non-hydrogen) atoms. The summed E-state index contributed by atoms with van der Waals surface area (Å²) in [7, 11) is 1.68. The van der Waals surface area contributed by atoms with Gasteiger partial charge in [0.2, 0.25) is 11.8 Å². The Morgan fingerprint density at radius 1 is 0.721 bits per heavy atom. The van der Waals surface area contributed by atoms with E-state index in [1.54, 1.807) is 74.7 Å². The third-order valence-electron chi connectivity index (χ3n) is 9.27. The zero-order valence-electron chi connectivity index (χ0n) is 38.7. The molecule has 2 aromatic carbocycles. The Balaban J connectivity index is 0.000000250. The molecule has 0 radical (unpaired) electrons. The topological polar surface area (TPSA) is 271 Å². The second kappa shape index (κ2) is 23.2. The number of nitrogens with zero attached hydrogens (tertiary/aromatic N) is 9. The maximum absolute atomic E-state index is 14.5. The van der Waals surface area contributed by atoms with Crippen LogP contribution in [0, 0.1) is 23.2 Å². The lowest BCUT2D eigenvalue weighted by molar-refractivity contribution is 0.256. The first kappa shape index (κ1) is 53.0. The minimum atomic E-state index is -4.33. The average molecular weight is 977 g/mol. The summed E-state index contributed by atoms with van der Waals surface area (Å²) in [4.78, 5) is 39.5. The molecule has 4 aromatic heterocycles. The van der Waals surface area contributed by atoms with Crippen molar-refractivity contribution >= 4 is 43.4 Å². The summed E-state index contributed by atoms with van der Waals surface area (Å²) in [5.74, 6) is 0.764. The summed E-state index contributed by atoms with van der Waals surface area (Å²) in [6, 6.07) is 10.8. The molecule has 0 saturated carbocycles. The van der Waals surface area contributed by atoms with Crippen molar-refractivity contribution in [3.8, 4) is 46.0 Å². The Morgan fingerprint density at radius 3 is 1.66 bits per heavy atom. The van der Waals surface area contributed by atoms with Crippen molar-refractivity contribution in [3.63, 3.8) is 0 Å². The molecule has 0 aliphatic heterocycles. The summed E-state index contributed by atoms with van der Waals surface area (Å²) in [5.41, 5.74) is 3.41. The molecule has 0 aliphatic carbocycles. The highest BCUT2D eigenvalue weighted by Gasteiger charge is 2.24. The van der Waals surface area contributed by atoms with Crippen LogP contribution in [0.4, 0.5) is 30.9 Å². The van der Waals surface area contributed by atoms with Crippen molar-refractivity contribution < 1.29 is 44.6 Å². The number of amides is 2. The van der Waals surface area contributed by atoms with E-state index < -0.39 is 36.9 Å². The second-order valence-corrected chi connectivity index (χ2v) is 18.4. The van der Waals surface area contributed by atoms with Crippen LogP contribution >= 0.6 is 0 Å².